The molecule has 4 rings (SSSR count). The molecule has 0 aromatic heterocycles. The lowest BCUT2D eigenvalue weighted by atomic mass is 9.95. The summed E-state index contributed by atoms with van der Waals surface area (Å²) in [6.07, 6.45) is 7.70. The number of unbranched alkanes of at least 4 members (excludes halogenated alkanes) is 1. The third kappa shape index (κ3) is 2.35. The molecule has 2 N–H and O–H groups in total. The van der Waals surface area contributed by atoms with E-state index in [-0.39, 0.29) is 5.66 Å². The van der Waals surface area contributed by atoms with Gasteiger partial charge in [-0.05, 0) is 6.42 Å². The highest BCUT2D eigenvalue weighted by Gasteiger charge is 2.67. The van der Waals surface area contributed by atoms with Crippen molar-refractivity contribution in [2.24, 2.45) is 20.0 Å². The zero-order chi connectivity index (χ0) is 18.1. The molecule has 0 bridgehead atoms. The van der Waals surface area contributed by atoms with Crippen molar-refractivity contribution >= 4 is 24.6 Å². The first-order valence-corrected chi connectivity index (χ1v) is 10.0. The van der Waals surface area contributed by atoms with Crippen LogP contribution in [0.25, 0.3) is 0 Å². The third-order valence-corrected chi connectivity index (χ3v) is 6.51. The van der Waals surface area contributed by atoms with Crippen molar-refractivity contribution < 1.29 is 8.97 Å². The van der Waals surface area contributed by atoms with Gasteiger partial charge in [0.15, 0.2) is 12.7 Å². The summed E-state index contributed by atoms with van der Waals surface area (Å²) in [6, 6.07) is 0. The van der Waals surface area contributed by atoms with Gasteiger partial charge in [0.05, 0.1) is 32.6 Å². The van der Waals surface area contributed by atoms with Crippen LogP contribution in [-0.2, 0) is 0 Å². The van der Waals surface area contributed by atoms with Crippen LogP contribution in [0, 0.1) is 0 Å². The van der Waals surface area contributed by atoms with E-state index in [0.717, 1.165) is 70.7 Å². The first kappa shape index (κ1) is 17.6. The summed E-state index contributed by atoms with van der Waals surface area (Å²) in [6.45, 7) is 11.8. The van der Waals surface area contributed by atoms with Gasteiger partial charge in [-0.25, -0.2) is 20.0 Å². The molecule has 4 aliphatic rings. The number of hydrogen-bond donors (Lipinski definition) is 2. The Hall–Kier alpha value is -1.80. The minimum absolute atomic E-state index is 0.178. The molecule has 0 spiro atoms. The molecule has 0 radical (unpaired) electrons. The van der Waals surface area contributed by atoms with Crippen LogP contribution in [0.3, 0.4) is 0 Å². The number of nitrogens with zero attached hydrogens (tertiary/aromatic N) is 6. The van der Waals surface area contributed by atoms with Gasteiger partial charge in [-0.15, -0.1) is 0 Å². The highest BCUT2D eigenvalue weighted by atomic mass is 15.7. The van der Waals surface area contributed by atoms with Crippen molar-refractivity contribution in [3.63, 3.8) is 0 Å². The van der Waals surface area contributed by atoms with E-state index in [1.165, 1.54) is 12.8 Å². The van der Waals surface area contributed by atoms with Gasteiger partial charge in [-0.2, -0.15) is 8.97 Å². The smallest absolute Gasteiger partial charge is 0.308 e. The maximum atomic E-state index is 4.86. The number of aliphatic imine (C=N–C) groups is 4. The molecule has 0 aromatic rings. The van der Waals surface area contributed by atoms with Gasteiger partial charge in [-0.1, -0.05) is 13.3 Å². The SMILES string of the molecule is CCCCC(C)([N+]1(C2=NCCN2)C=NCC1)[N+]1(C2=NCCN2)C=NCC1. The zero-order valence-electron chi connectivity index (χ0n) is 16.1. The average molecular weight is 361 g/mol. The molecular weight excluding hydrogens is 328 g/mol. The monoisotopic (exact) mass is 360 g/mol. The lowest BCUT2D eigenvalue weighted by Gasteiger charge is -2.52. The van der Waals surface area contributed by atoms with Crippen molar-refractivity contribution in [1.29, 1.82) is 0 Å². The molecule has 8 nitrogen and oxygen atoms in total. The van der Waals surface area contributed by atoms with E-state index in [9.17, 15) is 0 Å². The lowest BCUT2D eigenvalue weighted by Crippen LogP contribution is -2.81. The predicted molar refractivity (Wildman–Crippen MR) is 106 cm³/mol. The van der Waals surface area contributed by atoms with E-state index in [2.05, 4.69) is 37.2 Å². The molecule has 4 aliphatic heterocycles. The second-order valence-corrected chi connectivity index (χ2v) is 7.81. The Balaban J connectivity index is 1.86. The Labute approximate surface area is 156 Å². The lowest BCUT2D eigenvalue weighted by molar-refractivity contribution is -1.01. The Kier molecular flexibility index (Phi) is 4.56. The summed E-state index contributed by atoms with van der Waals surface area (Å²) in [7, 11) is 0. The molecule has 0 aliphatic carbocycles. The topological polar surface area (TPSA) is 73.5 Å². The summed E-state index contributed by atoms with van der Waals surface area (Å²) in [5.41, 5.74) is -0.178. The fraction of sp³-hybridized carbons (Fsp3) is 0.778. The summed E-state index contributed by atoms with van der Waals surface area (Å²) < 4.78 is 1.36. The summed E-state index contributed by atoms with van der Waals surface area (Å²) >= 11 is 0. The minimum atomic E-state index is -0.178. The highest BCUT2D eigenvalue weighted by Crippen LogP contribution is 2.41. The number of hydrogen-bond acceptors (Lipinski definition) is 6. The van der Waals surface area contributed by atoms with Crippen LogP contribution in [0.2, 0.25) is 0 Å². The van der Waals surface area contributed by atoms with Crippen molar-refractivity contribution in [3.05, 3.63) is 0 Å². The first-order chi connectivity index (χ1) is 12.7. The van der Waals surface area contributed by atoms with E-state index in [1.54, 1.807) is 0 Å². The van der Waals surface area contributed by atoms with Gasteiger partial charge >= 0.3 is 11.9 Å². The summed E-state index contributed by atoms with van der Waals surface area (Å²) in [5, 5.41) is 7.14. The molecule has 0 saturated heterocycles. The molecule has 0 amide bonds. The van der Waals surface area contributed by atoms with Crippen LogP contribution < -0.4 is 10.6 Å². The molecule has 2 atom stereocenters. The largest absolute Gasteiger partial charge is 0.322 e. The van der Waals surface area contributed by atoms with Crippen molar-refractivity contribution in [2.45, 2.75) is 38.8 Å². The Morgan fingerprint density at radius 2 is 1.46 bits per heavy atom. The minimum Gasteiger partial charge on any atom is -0.322 e. The van der Waals surface area contributed by atoms with Gasteiger partial charge in [0.1, 0.15) is 13.1 Å². The molecule has 0 aromatic carbocycles. The van der Waals surface area contributed by atoms with E-state index < -0.39 is 0 Å². The van der Waals surface area contributed by atoms with Gasteiger partial charge in [0.2, 0.25) is 5.66 Å². The van der Waals surface area contributed by atoms with Crippen LogP contribution >= 0.6 is 0 Å². The quantitative estimate of drug-likeness (QED) is 0.702. The van der Waals surface area contributed by atoms with E-state index in [1.807, 2.05) is 0 Å². The number of rotatable bonds is 5. The summed E-state index contributed by atoms with van der Waals surface area (Å²) in [4.78, 5) is 19.1. The van der Waals surface area contributed by atoms with Crippen LogP contribution in [0.4, 0.5) is 0 Å². The number of quaternary nitrogens is 2. The van der Waals surface area contributed by atoms with Gasteiger partial charge in [0.25, 0.3) is 0 Å². The molecule has 2 unspecified atom stereocenters. The standard InChI is InChI=1S/C18H32N8/c1-3-4-5-18(2,25(12-10-19-14-25)16-21-6-7-22-16)26(13-11-20-15-26)17-23-8-9-24-17/h14-15H,3-13H2,1-2H3,(H,21,22)(H,23,24)/q+2. The maximum Gasteiger partial charge on any atom is 0.308 e. The highest BCUT2D eigenvalue weighted by molar-refractivity contribution is 5.85. The number of nitrogens with one attached hydrogen (secondary N) is 2. The molecule has 26 heavy (non-hydrogen) atoms. The van der Waals surface area contributed by atoms with Gasteiger partial charge < -0.3 is 10.6 Å². The Morgan fingerprint density at radius 3 is 1.81 bits per heavy atom. The number of guanidine groups is 2. The second-order valence-electron chi connectivity index (χ2n) is 7.81. The van der Waals surface area contributed by atoms with E-state index in [4.69, 9.17) is 20.0 Å². The van der Waals surface area contributed by atoms with Gasteiger partial charge in [0, 0.05) is 20.0 Å². The van der Waals surface area contributed by atoms with Crippen molar-refractivity contribution in [1.82, 2.24) is 10.6 Å². The van der Waals surface area contributed by atoms with E-state index >= 15 is 0 Å². The predicted octanol–water partition coefficient (Wildman–Crippen LogP) is 0.529. The fourth-order valence-corrected chi connectivity index (χ4v) is 4.98. The van der Waals surface area contributed by atoms with Crippen molar-refractivity contribution in [3.8, 4) is 0 Å². The van der Waals surface area contributed by atoms with Crippen molar-refractivity contribution in [2.75, 3.05) is 52.4 Å². The molecular formula is C18H32N8+2. The normalized spacial score (nSPS) is 35.2. The fourth-order valence-electron chi connectivity index (χ4n) is 4.98. The van der Waals surface area contributed by atoms with Crippen LogP contribution in [0.5, 0.6) is 0 Å². The van der Waals surface area contributed by atoms with E-state index in [0.29, 0.717) is 8.97 Å². The molecule has 4 heterocycles. The molecule has 0 saturated carbocycles. The zero-order valence-corrected chi connectivity index (χ0v) is 16.1. The van der Waals surface area contributed by atoms with Crippen LogP contribution in [0.1, 0.15) is 33.1 Å². The maximum absolute atomic E-state index is 4.86. The summed E-state index contributed by atoms with van der Waals surface area (Å²) in [5.74, 6) is 2.14. The van der Waals surface area contributed by atoms with Crippen LogP contribution in [-0.4, -0.2) is 91.6 Å². The average Bonchev–Trinajstić information content (AvgIpc) is 3.43. The molecule has 142 valence electrons. The second kappa shape index (κ2) is 6.74. The first-order valence-electron chi connectivity index (χ1n) is 10.0. The molecule has 0 fully saturated rings. The third-order valence-electron chi connectivity index (χ3n) is 6.51. The van der Waals surface area contributed by atoms with Crippen LogP contribution in [0.15, 0.2) is 20.0 Å². The molecule has 8 heteroatoms. The Bertz CT molecular complexity index is 616. The Morgan fingerprint density at radius 1 is 0.923 bits per heavy atom. The van der Waals surface area contributed by atoms with Gasteiger partial charge in [-0.3, -0.25) is 0 Å².